The number of aromatic nitrogens is 3. The van der Waals surface area contributed by atoms with Crippen molar-refractivity contribution in [3.05, 3.63) is 35.9 Å². The van der Waals surface area contributed by atoms with Crippen LogP contribution >= 0.6 is 0 Å². The number of hydrogen-bond acceptors (Lipinski definition) is 4. The van der Waals surface area contributed by atoms with Crippen LogP contribution in [-0.4, -0.2) is 15.2 Å². The van der Waals surface area contributed by atoms with Crippen molar-refractivity contribution in [2.75, 3.05) is 5.73 Å². The summed E-state index contributed by atoms with van der Waals surface area (Å²) < 4.78 is 5.64. The lowest BCUT2D eigenvalue weighted by Crippen LogP contribution is -2.00. The Morgan fingerprint density at radius 1 is 1.26 bits per heavy atom. The molecule has 1 heterocycles. The van der Waals surface area contributed by atoms with Crippen LogP contribution in [-0.2, 0) is 6.61 Å². The van der Waals surface area contributed by atoms with E-state index in [1.165, 1.54) is 25.7 Å². The molecule has 0 spiro atoms. The second kappa shape index (κ2) is 5.30. The van der Waals surface area contributed by atoms with E-state index < -0.39 is 0 Å². The van der Waals surface area contributed by atoms with Gasteiger partial charge in [0, 0.05) is 5.92 Å². The van der Waals surface area contributed by atoms with Gasteiger partial charge >= 0.3 is 0 Å². The zero-order valence-electron chi connectivity index (χ0n) is 10.8. The van der Waals surface area contributed by atoms with Gasteiger partial charge in [0.05, 0.1) is 5.69 Å². The van der Waals surface area contributed by atoms with Crippen LogP contribution < -0.4 is 10.5 Å². The van der Waals surface area contributed by atoms with Gasteiger partial charge in [0.2, 0.25) is 0 Å². The van der Waals surface area contributed by atoms with E-state index in [0.29, 0.717) is 24.0 Å². The highest BCUT2D eigenvalue weighted by atomic mass is 16.5. The highest BCUT2D eigenvalue weighted by Crippen LogP contribution is 2.31. The van der Waals surface area contributed by atoms with Crippen LogP contribution in [0, 0.1) is 0 Å². The first-order chi connectivity index (χ1) is 9.33. The summed E-state index contributed by atoms with van der Waals surface area (Å²) in [5, 5.41) is 7.23. The van der Waals surface area contributed by atoms with Gasteiger partial charge in [0.25, 0.3) is 0 Å². The van der Waals surface area contributed by atoms with Crippen molar-refractivity contribution in [3.8, 4) is 5.75 Å². The molecule has 5 heteroatoms. The molecule has 0 bridgehead atoms. The highest BCUT2D eigenvalue weighted by molar-refractivity contribution is 5.51. The molecule has 0 saturated heterocycles. The fourth-order valence-electron chi connectivity index (χ4n) is 2.50. The molecule has 1 fully saturated rings. The molecule has 0 unspecified atom stereocenters. The molecule has 2 aromatic rings. The third kappa shape index (κ3) is 2.70. The summed E-state index contributed by atoms with van der Waals surface area (Å²) in [4.78, 5) is 4.50. The van der Waals surface area contributed by atoms with Gasteiger partial charge in [0.1, 0.15) is 12.4 Å². The number of para-hydroxylation sites is 2. The first-order valence-electron chi connectivity index (χ1n) is 6.71. The molecule has 1 saturated carbocycles. The Morgan fingerprint density at radius 3 is 2.84 bits per heavy atom. The van der Waals surface area contributed by atoms with Crippen molar-refractivity contribution in [2.45, 2.75) is 38.2 Å². The topological polar surface area (TPSA) is 76.8 Å². The van der Waals surface area contributed by atoms with E-state index in [-0.39, 0.29) is 0 Å². The number of nitrogens with two attached hydrogens (primary N) is 1. The Balaban J connectivity index is 1.63. The van der Waals surface area contributed by atoms with Crippen molar-refractivity contribution in [1.82, 2.24) is 15.2 Å². The lowest BCUT2D eigenvalue weighted by atomic mass is 10.1. The smallest absolute Gasteiger partial charge is 0.162 e. The lowest BCUT2D eigenvalue weighted by Gasteiger charge is -2.06. The van der Waals surface area contributed by atoms with Crippen LogP contribution in [0.15, 0.2) is 24.3 Å². The Kier molecular flexibility index (Phi) is 3.35. The number of anilines is 1. The number of nitrogens with zero attached hydrogens (tertiary/aromatic N) is 2. The van der Waals surface area contributed by atoms with Crippen LogP contribution in [0.2, 0.25) is 0 Å². The van der Waals surface area contributed by atoms with Gasteiger partial charge in [-0.15, -0.1) is 0 Å². The molecule has 0 atom stereocenters. The number of aromatic amines is 1. The molecule has 1 aliphatic rings. The summed E-state index contributed by atoms with van der Waals surface area (Å²) in [6, 6.07) is 7.45. The summed E-state index contributed by atoms with van der Waals surface area (Å²) >= 11 is 0. The normalized spacial score (nSPS) is 15.8. The molecule has 0 radical (unpaired) electrons. The van der Waals surface area contributed by atoms with Gasteiger partial charge in [0.15, 0.2) is 11.6 Å². The van der Waals surface area contributed by atoms with Crippen molar-refractivity contribution in [3.63, 3.8) is 0 Å². The van der Waals surface area contributed by atoms with Crippen molar-refractivity contribution in [1.29, 1.82) is 0 Å². The molecule has 19 heavy (non-hydrogen) atoms. The van der Waals surface area contributed by atoms with Crippen molar-refractivity contribution in [2.24, 2.45) is 0 Å². The third-order valence-corrected chi connectivity index (χ3v) is 3.55. The van der Waals surface area contributed by atoms with Gasteiger partial charge in [-0.2, -0.15) is 5.10 Å². The number of ether oxygens (including phenoxy) is 1. The standard InChI is InChI=1S/C14H18N4O/c15-11-7-3-4-8-12(11)19-9-13-16-14(18-17-13)10-5-1-2-6-10/h3-4,7-8,10H,1-2,5-6,9,15H2,(H,16,17,18). The van der Waals surface area contributed by atoms with E-state index in [9.17, 15) is 0 Å². The van der Waals surface area contributed by atoms with Crippen LogP contribution in [0.3, 0.4) is 0 Å². The number of nitrogen functional groups attached to an aromatic ring is 1. The average molecular weight is 258 g/mol. The van der Waals surface area contributed by atoms with E-state index in [0.717, 1.165) is 11.6 Å². The summed E-state index contributed by atoms with van der Waals surface area (Å²) in [5.41, 5.74) is 6.46. The molecule has 1 aliphatic carbocycles. The van der Waals surface area contributed by atoms with Crippen molar-refractivity contribution >= 4 is 5.69 Å². The predicted molar refractivity (Wildman–Crippen MR) is 72.8 cm³/mol. The van der Waals surface area contributed by atoms with E-state index in [1.54, 1.807) is 0 Å². The molecule has 0 amide bonds. The Hall–Kier alpha value is -2.04. The fourth-order valence-corrected chi connectivity index (χ4v) is 2.50. The van der Waals surface area contributed by atoms with Gasteiger partial charge in [-0.3, -0.25) is 5.10 Å². The first kappa shape index (κ1) is 12.0. The average Bonchev–Trinajstić information content (AvgIpc) is 3.09. The number of rotatable bonds is 4. The second-order valence-electron chi connectivity index (χ2n) is 4.95. The summed E-state index contributed by atoms with van der Waals surface area (Å²) in [5.74, 6) is 2.88. The van der Waals surface area contributed by atoms with E-state index in [2.05, 4.69) is 15.2 Å². The van der Waals surface area contributed by atoms with Crippen LogP contribution in [0.4, 0.5) is 5.69 Å². The Labute approximate surface area is 112 Å². The third-order valence-electron chi connectivity index (χ3n) is 3.55. The van der Waals surface area contributed by atoms with Gasteiger partial charge in [-0.25, -0.2) is 4.98 Å². The van der Waals surface area contributed by atoms with Crippen molar-refractivity contribution < 1.29 is 4.74 Å². The fraction of sp³-hybridized carbons (Fsp3) is 0.429. The molecule has 1 aromatic heterocycles. The Bertz CT molecular complexity index is 546. The number of benzene rings is 1. The SMILES string of the molecule is Nc1ccccc1OCc1nc(C2CCCC2)n[nH]1. The largest absolute Gasteiger partial charge is 0.483 e. The van der Waals surface area contributed by atoms with Gasteiger partial charge in [-0.1, -0.05) is 25.0 Å². The number of hydrogen-bond donors (Lipinski definition) is 2. The molecular weight excluding hydrogens is 240 g/mol. The molecule has 5 nitrogen and oxygen atoms in total. The maximum atomic E-state index is 5.82. The minimum absolute atomic E-state index is 0.369. The zero-order chi connectivity index (χ0) is 13.1. The maximum Gasteiger partial charge on any atom is 0.162 e. The van der Waals surface area contributed by atoms with Crippen LogP contribution in [0.5, 0.6) is 5.75 Å². The van der Waals surface area contributed by atoms with Gasteiger partial charge < -0.3 is 10.5 Å². The maximum absolute atomic E-state index is 5.82. The molecule has 100 valence electrons. The molecule has 1 aromatic carbocycles. The summed E-state index contributed by atoms with van der Waals surface area (Å²) in [6.07, 6.45) is 4.96. The second-order valence-corrected chi connectivity index (χ2v) is 4.95. The van der Waals surface area contributed by atoms with E-state index >= 15 is 0 Å². The number of nitrogens with one attached hydrogen (secondary N) is 1. The molecule has 3 N–H and O–H groups in total. The zero-order valence-corrected chi connectivity index (χ0v) is 10.8. The summed E-state index contributed by atoms with van der Waals surface area (Å²) in [7, 11) is 0. The minimum Gasteiger partial charge on any atom is -0.483 e. The van der Waals surface area contributed by atoms with Crippen LogP contribution in [0.1, 0.15) is 43.3 Å². The molecular formula is C14H18N4O. The van der Waals surface area contributed by atoms with E-state index in [4.69, 9.17) is 10.5 Å². The highest BCUT2D eigenvalue weighted by Gasteiger charge is 2.21. The molecule has 0 aliphatic heterocycles. The first-order valence-corrected chi connectivity index (χ1v) is 6.71. The monoisotopic (exact) mass is 258 g/mol. The Morgan fingerprint density at radius 2 is 2.05 bits per heavy atom. The van der Waals surface area contributed by atoms with Crippen LogP contribution in [0.25, 0.3) is 0 Å². The lowest BCUT2D eigenvalue weighted by molar-refractivity contribution is 0.298. The molecule has 3 rings (SSSR count). The van der Waals surface area contributed by atoms with Gasteiger partial charge in [-0.05, 0) is 25.0 Å². The number of H-pyrrole nitrogens is 1. The summed E-state index contributed by atoms with van der Waals surface area (Å²) in [6.45, 7) is 0.369. The predicted octanol–water partition coefficient (Wildman–Crippen LogP) is 2.62. The quantitative estimate of drug-likeness (QED) is 0.826. The minimum atomic E-state index is 0.369. The van der Waals surface area contributed by atoms with E-state index in [1.807, 2.05) is 24.3 Å².